The van der Waals surface area contributed by atoms with Crippen molar-refractivity contribution in [2.45, 2.75) is 103 Å². The number of para-hydroxylation sites is 1. The summed E-state index contributed by atoms with van der Waals surface area (Å²) < 4.78 is 0. The van der Waals surface area contributed by atoms with Crippen molar-refractivity contribution < 1.29 is 0 Å². The summed E-state index contributed by atoms with van der Waals surface area (Å²) in [6.07, 6.45) is 16.0. The molecular formula is C60H57N. The van der Waals surface area contributed by atoms with Gasteiger partial charge in [-0.2, -0.15) is 0 Å². The highest BCUT2D eigenvalue weighted by Gasteiger charge is 2.53. The standard InChI is InChI=1S/C60H57N/c1-57(2,3)39-30-32-47-52(34-39)60(49-27-17-13-24-44(49)45-25-14-18-28-50(45)60)54-37-41(36-53(56(47)54)58(4,5)6)61(55-29-19-15-22-42(55)38-20-10-9-11-21-38)40-31-33-46-43-23-12-16-26-48(43)59(7,8)51(46)35-40/h9-10,13-20,22,24-37H,11-12,21,23H2,1-8H3. The maximum Gasteiger partial charge on any atom is 0.0726 e. The fraction of sp³-hybridized carbons (Fsp3) is 0.267. The number of benzene rings is 6. The van der Waals surface area contributed by atoms with Crippen LogP contribution in [-0.2, 0) is 21.7 Å². The van der Waals surface area contributed by atoms with E-state index in [4.69, 9.17) is 0 Å². The average Bonchev–Trinajstić information content (AvgIpc) is 3.81. The summed E-state index contributed by atoms with van der Waals surface area (Å²) in [6.45, 7) is 19.2. The van der Waals surface area contributed by atoms with Crippen molar-refractivity contribution in [1.29, 1.82) is 0 Å². The molecule has 0 radical (unpaired) electrons. The molecule has 0 aromatic heterocycles. The second kappa shape index (κ2) is 13.3. The minimum absolute atomic E-state index is 0.00460. The molecule has 302 valence electrons. The van der Waals surface area contributed by atoms with Gasteiger partial charge in [-0.15, -0.1) is 0 Å². The first-order valence-corrected chi connectivity index (χ1v) is 22.6. The second-order valence-electron chi connectivity index (χ2n) is 20.7. The molecule has 6 aromatic carbocycles. The van der Waals surface area contributed by atoms with Gasteiger partial charge in [0.15, 0.2) is 0 Å². The van der Waals surface area contributed by atoms with Crippen LogP contribution in [0.2, 0.25) is 0 Å². The van der Waals surface area contributed by atoms with Crippen LogP contribution in [0.15, 0.2) is 157 Å². The minimum atomic E-state index is -0.480. The molecule has 0 heterocycles. The Kier molecular flexibility index (Phi) is 8.29. The largest absolute Gasteiger partial charge is 0.310 e. The molecule has 5 aliphatic carbocycles. The lowest BCUT2D eigenvalue weighted by molar-refractivity contribution is 0.588. The van der Waals surface area contributed by atoms with Gasteiger partial charge in [-0.3, -0.25) is 0 Å². The Labute approximate surface area is 363 Å². The summed E-state index contributed by atoms with van der Waals surface area (Å²) in [7, 11) is 0. The zero-order valence-electron chi connectivity index (χ0n) is 37.2. The van der Waals surface area contributed by atoms with E-state index < -0.39 is 5.41 Å². The van der Waals surface area contributed by atoms with Gasteiger partial charge in [0.25, 0.3) is 0 Å². The molecular weight excluding hydrogens is 735 g/mol. The maximum atomic E-state index is 2.62. The van der Waals surface area contributed by atoms with Gasteiger partial charge in [0.1, 0.15) is 0 Å². The lowest BCUT2D eigenvalue weighted by atomic mass is 9.69. The summed E-state index contributed by atoms with van der Waals surface area (Å²) in [6, 6.07) is 47.7. The van der Waals surface area contributed by atoms with Crippen molar-refractivity contribution >= 4 is 28.2 Å². The van der Waals surface area contributed by atoms with Gasteiger partial charge in [0, 0.05) is 22.4 Å². The molecule has 0 fully saturated rings. The van der Waals surface area contributed by atoms with Crippen LogP contribution in [0, 0.1) is 0 Å². The van der Waals surface area contributed by atoms with Crippen LogP contribution < -0.4 is 4.90 Å². The topological polar surface area (TPSA) is 3.24 Å². The number of anilines is 3. The summed E-state index contributed by atoms with van der Waals surface area (Å²) in [5.74, 6) is 0. The Bertz CT molecular complexity index is 2910. The van der Waals surface area contributed by atoms with Crippen molar-refractivity contribution in [2.75, 3.05) is 4.90 Å². The Hall–Kier alpha value is -5.92. The molecule has 0 bridgehead atoms. The number of fused-ring (bicyclic) bond motifs is 12. The van der Waals surface area contributed by atoms with Gasteiger partial charge in [0.05, 0.1) is 11.1 Å². The van der Waals surface area contributed by atoms with E-state index in [9.17, 15) is 0 Å². The van der Waals surface area contributed by atoms with Gasteiger partial charge in [-0.05, 0) is 150 Å². The molecule has 61 heavy (non-hydrogen) atoms. The fourth-order valence-electron chi connectivity index (χ4n) is 11.8. The normalized spacial score (nSPS) is 17.4. The maximum absolute atomic E-state index is 2.62. The fourth-order valence-corrected chi connectivity index (χ4v) is 11.8. The summed E-state index contributed by atoms with van der Waals surface area (Å²) >= 11 is 0. The van der Waals surface area contributed by atoms with Gasteiger partial charge in [-0.25, -0.2) is 0 Å². The number of hydrogen-bond acceptors (Lipinski definition) is 1. The van der Waals surface area contributed by atoms with Crippen LogP contribution in [0.25, 0.3) is 33.4 Å². The lowest BCUT2D eigenvalue weighted by Crippen LogP contribution is -2.27. The highest BCUT2D eigenvalue weighted by atomic mass is 15.1. The Morgan fingerprint density at radius 1 is 0.525 bits per heavy atom. The summed E-state index contributed by atoms with van der Waals surface area (Å²) in [5, 5.41) is 0. The van der Waals surface area contributed by atoms with Crippen molar-refractivity contribution in [3.05, 3.63) is 207 Å². The predicted molar refractivity (Wildman–Crippen MR) is 259 cm³/mol. The molecule has 0 atom stereocenters. The van der Waals surface area contributed by atoms with E-state index in [-0.39, 0.29) is 16.2 Å². The van der Waals surface area contributed by atoms with E-state index in [0.29, 0.717) is 0 Å². The molecule has 1 spiro atoms. The van der Waals surface area contributed by atoms with Crippen LogP contribution in [0.3, 0.4) is 0 Å². The molecule has 0 saturated carbocycles. The third-order valence-electron chi connectivity index (χ3n) is 14.7. The second-order valence-corrected chi connectivity index (χ2v) is 20.7. The monoisotopic (exact) mass is 791 g/mol. The number of allylic oxidation sites excluding steroid dienone is 8. The van der Waals surface area contributed by atoms with E-state index in [2.05, 4.69) is 212 Å². The van der Waals surface area contributed by atoms with E-state index in [1.54, 1.807) is 0 Å². The zero-order valence-corrected chi connectivity index (χ0v) is 37.2. The molecule has 6 aromatic rings. The minimum Gasteiger partial charge on any atom is -0.310 e. The van der Waals surface area contributed by atoms with Crippen molar-refractivity contribution in [1.82, 2.24) is 0 Å². The van der Waals surface area contributed by atoms with Crippen molar-refractivity contribution in [2.24, 2.45) is 0 Å². The predicted octanol–water partition coefficient (Wildman–Crippen LogP) is 16.2. The molecule has 1 nitrogen and oxygen atoms in total. The molecule has 0 amide bonds. The van der Waals surface area contributed by atoms with Crippen LogP contribution in [0.4, 0.5) is 17.1 Å². The van der Waals surface area contributed by atoms with Crippen LogP contribution >= 0.6 is 0 Å². The number of hydrogen-bond donors (Lipinski definition) is 0. The van der Waals surface area contributed by atoms with Gasteiger partial charge >= 0.3 is 0 Å². The lowest BCUT2D eigenvalue weighted by Gasteiger charge is -2.35. The third-order valence-corrected chi connectivity index (χ3v) is 14.7. The Morgan fingerprint density at radius 3 is 1.87 bits per heavy atom. The van der Waals surface area contributed by atoms with Crippen molar-refractivity contribution in [3.63, 3.8) is 0 Å². The third kappa shape index (κ3) is 5.45. The zero-order chi connectivity index (χ0) is 42.1. The first-order valence-electron chi connectivity index (χ1n) is 22.6. The highest BCUT2D eigenvalue weighted by molar-refractivity contribution is 5.99. The summed E-state index contributed by atoms with van der Waals surface area (Å²) in [5.41, 5.74) is 25.2. The number of rotatable bonds is 4. The first kappa shape index (κ1) is 38.0. The molecule has 0 unspecified atom stereocenters. The highest BCUT2D eigenvalue weighted by Crippen LogP contribution is 2.65. The van der Waals surface area contributed by atoms with E-state index >= 15 is 0 Å². The quantitative estimate of drug-likeness (QED) is 0.172. The average molecular weight is 792 g/mol. The molecule has 11 rings (SSSR count). The van der Waals surface area contributed by atoms with Crippen LogP contribution in [0.1, 0.15) is 131 Å². The van der Waals surface area contributed by atoms with E-state index in [1.807, 2.05) is 0 Å². The SMILES string of the molecule is CC(C)(C)c1ccc2c(c1)C1(c3ccccc3-c3ccccc31)c1cc(N(c3ccc4c(c3)C(C)(C)C3=C4CCC=C3)c3ccccc3C3=CC=CCC3)cc(C(C)(C)C)c1-2. The number of nitrogens with zero attached hydrogens (tertiary/aromatic N) is 1. The van der Waals surface area contributed by atoms with Crippen LogP contribution in [0.5, 0.6) is 0 Å². The van der Waals surface area contributed by atoms with Gasteiger partial charge < -0.3 is 4.90 Å². The Balaban J connectivity index is 1.25. The van der Waals surface area contributed by atoms with Crippen LogP contribution in [-0.4, -0.2) is 0 Å². The Morgan fingerprint density at radius 2 is 1.18 bits per heavy atom. The molecule has 0 saturated heterocycles. The molecule has 0 N–H and O–H groups in total. The summed E-state index contributed by atoms with van der Waals surface area (Å²) in [4.78, 5) is 2.62. The van der Waals surface area contributed by atoms with E-state index in [0.717, 1.165) is 25.7 Å². The smallest absolute Gasteiger partial charge is 0.0726 e. The van der Waals surface area contributed by atoms with E-state index in [1.165, 1.54) is 106 Å². The molecule has 5 aliphatic rings. The molecule has 1 heteroatoms. The van der Waals surface area contributed by atoms with Gasteiger partial charge in [-0.1, -0.05) is 177 Å². The molecule has 0 aliphatic heterocycles. The van der Waals surface area contributed by atoms with Gasteiger partial charge in [0.2, 0.25) is 0 Å². The first-order chi connectivity index (χ1) is 29.3. The van der Waals surface area contributed by atoms with Crippen molar-refractivity contribution in [3.8, 4) is 22.3 Å².